The van der Waals surface area contributed by atoms with Gasteiger partial charge in [-0.25, -0.2) is 4.39 Å². The van der Waals surface area contributed by atoms with Crippen molar-refractivity contribution in [3.63, 3.8) is 0 Å². The Bertz CT molecular complexity index is 967. The van der Waals surface area contributed by atoms with Gasteiger partial charge in [0.15, 0.2) is 0 Å². The Hall–Kier alpha value is -2.99. The molecule has 0 atom stereocenters. The molecule has 130 valence electrons. The summed E-state index contributed by atoms with van der Waals surface area (Å²) in [6, 6.07) is 14.7. The van der Waals surface area contributed by atoms with Crippen molar-refractivity contribution in [2.75, 3.05) is 0 Å². The van der Waals surface area contributed by atoms with Crippen molar-refractivity contribution in [2.45, 2.75) is 13.2 Å². The lowest BCUT2D eigenvalue weighted by Gasteiger charge is -2.11. The van der Waals surface area contributed by atoms with Crippen LogP contribution >= 0.6 is 11.3 Å². The highest BCUT2D eigenvalue weighted by molar-refractivity contribution is 7.09. The molecule has 0 spiro atoms. The Morgan fingerprint density at radius 1 is 0.962 bits per heavy atom. The van der Waals surface area contributed by atoms with E-state index in [1.165, 1.54) is 28.4 Å². The number of carbonyl (C=O) groups excluding carboxylic acids is 2. The number of fused-ring (bicyclic) bond motifs is 1. The summed E-state index contributed by atoms with van der Waals surface area (Å²) < 4.78 is 18.6. The molecule has 0 N–H and O–H groups in total. The van der Waals surface area contributed by atoms with Crippen LogP contribution in [-0.2, 0) is 13.2 Å². The van der Waals surface area contributed by atoms with Crippen molar-refractivity contribution >= 4 is 23.2 Å². The Morgan fingerprint density at radius 2 is 1.73 bits per heavy atom. The van der Waals surface area contributed by atoms with E-state index in [1.807, 2.05) is 17.5 Å². The van der Waals surface area contributed by atoms with Crippen LogP contribution in [0.4, 0.5) is 4.39 Å². The second kappa shape index (κ2) is 6.72. The van der Waals surface area contributed by atoms with Gasteiger partial charge in [-0.2, -0.15) is 0 Å². The highest BCUT2D eigenvalue weighted by Gasteiger charge is 2.35. The minimum atomic E-state index is -0.314. The molecule has 1 aromatic heterocycles. The van der Waals surface area contributed by atoms with E-state index in [1.54, 1.807) is 30.3 Å². The van der Waals surface area contributed by atoms with Crippen LogP contribution in [0.25, 0.3) is 0 Å². The van der Waals surface area contributed by atoms with Gasteiger partial charge < -0.3 is 4.74 Å². The Labute approximate surface area is 153 Å². The van der Waals surface area contributed by atoms with E-state index >= 15 is 0 Å². The smallest absolute Gasteiger partial charge is 0.262 e. The van der Waals surface area contributed by atoms with E-state index < -0.39 is 0 Å². The van der Waals surface area contributed by atoms with Crippen LogP contribution in [0, 0.1) is 5.82 Å². The Morgan fingerprint density at radius 3 is 2.46 bits per heavy atom. The van der Waals surface area contributed by atoms with Gasteiger partial charge in [0.1, 0.15) is 18.2 Å². The van der Waals surface area contributed by atoms with Crippen LogP contribution in [0.15, 0.2) is 60.0 Å². The lowest BCUT2D eigenvalue weighted by molar-refractivity contribution is 0.0644. The quantitative estimate of drug-likeness (QED) is 0.633. The zero-order valence-corrected chi connectivity index (χ0v) is 14.5. The largest absolute Gasteiger partial charge is 0.489 e. The van der Waals surface area contributed by atoms with Crippen molar-refractivity contribution in [2.24, 2.45) is 0 Å². The van der Waals surface area contributed by atoms with Crippen molar-refractivity contribution in [1.82, 2.24) is 4.90 Å². The molecule has 2 amide bonds. The SMILES string of the molecule is O=C1c2ccc(OCc3ccc(F)cc3)cc2C(=O)N1Cc1cccs1. The Balaban J connectivity index is 1.51. The number of hydrogen-bond acceptors (Lipinski definition) is 4. The van der Waals surface area contributed by atoms with Crippen LogP contribution in [0.1, 0.15) is 31.2 Å². The average Bonchev–Trinajstić information content (AvgIpc) is 3.24. The maximum Gasteiger partial charge on any atom is 0.262 e. The van der Waals surface area contributed by atoms with Gasteiger partial charge in [0.05, 0.1) is 17.7 Å². The first-order valence-electron chi connectivity index (χ1n) is 8.02. The molecule has 4 rings (SSSR count). The second-order valence-electron chi connectivity index (χ2n) is 5.90. The molecular weight excluding hydrogens is 353 g/mol. The third-order valence-electron chi connectivity index (χ3n) is 4.15. The molecular formula is C20H14FNO3S. The van der Waals surface area contributed by atoms with Gasteiger partial charge in [-0.15, -0.1) is 11.3 Å². The van der Waals surface area contributed by atoms with Crippen LogP contribution in [0.5, 0.6) is 5.75 Å². The van der Waals surface area contributed by atoms with Crippen LogP contribution in [-0.4, -0.2) is 16.7 Å². The fourth-order valence-corrected chi connectivity index (χ4v) is 3.50. The third-order valence-corrected chi connectivity index (χ3v) is 5.02. The van der Waals surface area contributed by atoms with Gasteiger partial charge in [-0.05, 0) is 47.3 Å². The van der Waals surface area contributed by atoms with Gasteiger partial charge in [0.2, 0.25) is 0 Å². The summed E-state index contributed by atoms with van der Waals surface area (Å²) in [7, 11) is 0. The van der Waals surface area contributed by atoms with Gasteiger partial charge in [-0.1, -0.05) is 18.2 Å². The number of thiophene rings is 1. The van der Waals surface area contributed by atoms with Crippen molar-refractivity contribution < 1.29 is 18.7 Å². The van der Waals surface area contributed by atoms with Crippen LogP contribution in [0.3, 0.4) is 0 Å². The molecule has 0 fully saturated rings. The monoisotopic (exact) mass is 367 g/mol. The van der Waals surface area contributed by atoms with Gasteiger partial charge in [0, 0.05) is 4.88 Å². The van der Waals surface area contributed by atoms with Gasteiger partial charge >= 0.3 is 0 Å². The average molecular weight is 367 g/mol. The third kappa shape index (κ3) is 3.11. The number of benzene rings is 2. The van der Waals surface area contributed by atoms with Crippen molar-refractivity contribution in [3.8, 4) is 5.75 Å². The number of amides is 2. The number of ether oxygens (including phenoxy) is 1. The summed E-state index contributed by atoms with van der Waals surface area (Å²) in [5, 5.41) is 1.91. The summed E-state index contributed by atoms with van der Waals surface area (Å²) in [5.74, 6) is -0.414. The van der Waals surface area contributed by atoms with E-state index in [2.05, 4.69) is 0 Å². The predicted molar refractivity (Wildman–Crippen MR) is 95.7 cm³/mol. The van der Waals surface area contributed by atoms with Crippen LogP contribution < -0.4 is 4.74 Å². The van der Waals surface area contributed by atoms with Gasteiger partial charge in [0.25, 0.3) is 11.8 Å². The topological polar surface area (TPSA) is 46.6 Å². The number of hydrogen-bond donors (Lipinski definition) is 0. The molecule has 0 saturated carbocycles. The lowest BCUT2D eigenvalue weighted by Crippen LogP contribution is -2.28. The Kier molecular flexibility index (Phi) is 4.26. The maximum absolute atomic E-state index is 12.9. The molecule has 0 saturated heterocycles. The molecule has 6 heteroatoms. The lowest BCUT2D eigenvalue weighted by atomic mass is 10.1. The number of halogens is 1. The molecule has 0 unspecified atom stereocenters. The predicted octanol–water partition coefficient (Wildman–Crippen LogP) is 4.26. The van der Waals surface area contributed by atoms with E-state index in [4.69, 9.17) is 4.74 Å². The van der Waals surface area contributed by atoms with Crippen molar-refractivity contribution in [1.29, 1.82) is 0 Å². The molecule has 2 aromatic carbocycles. The normalized spacial score (nSPS) is 13.2. The fraction of sp³-hybridized carbons (Fsp3) is 0.100. The minimum Gasteiger partial charge on any atom is -0.489 e. The number of imide groups is 1. The molecule has 0 aliphatic carbocycles. The summed E-state index contributed by atoms with van der Waals surface area (Å²) in [5.41, 5.74) is 1.55. The molecule has 2 heterocycles. The molecule has 4 nitrogen and oxygen atoms in total. The highest BCUT2D eigenvalue weighted by atomic mass is 32.1. The molecule has 0 bridgehead atoms. The van der Waals surface area contributed by atoms with E-state index in [-0.39, 0.29) is 30.8 Å². The standard InChI is InChI=1S/C20H14FNO3S/c21-14-5-3-13(4-6-14)12-25-15-7-8-17-18(10-15)20(24)22(19(17)23)11-16-2-1-9-26-16/h1-10H,11-12H2. The molecule has 3 aromatic rings. The molecule has 1 aliphatic rings. The highest BCUT2D eigenvalue weighted by Crippen LogP contribution is 2.29. The van der Waals surface area contributed by atoms with E-state index in [0.29, 0.717) is 16.9 Å². The van der Waals surface area contributed by atoms with E-state index in [9.17, 15) is 14.0 Å². The van der Waals surface area contributed by atoms with Gasteiger partial charge in [-0.3, -0.25) is 14.5 Å². The first-order chi connectivity index (χ1) is 12.6. The number of carbonyl (C=O) groups is 2. The minimum absolute atomic E-state index is 0.250. The molecule has 0 radical (unpaired) electrons. The number of rotatable bonds is 5. The molecule has 26 heavy (non-hydrogen) atoms. The number of nitrogens with zero attached hydrogens (tertiary/aromatic N) is 1. The zero-order chi connectivity index (χ0) is 18.1. The summed E-state index contributed by atoms with van der Waals surface area (Å²) in [4.78, 5) is 27.3. The summed E-state index contributed by atoms with van der Waals surface area (Å²) in [6.45, 7) is 0.524. The second-order valence-corrected chi connectivity index (χ2v) is 6.93. The summed E-state index contributed by atoms with van der Waals surface area (Å²) in [6.07, 6.45) is 0. The molecule has 1 aliphatic heterocycles. The van der Waals surface area contributed by atoms with Crippen molar-refractivity contribution in [3.05, 3.63) is 87.4 Å². The summed E-state index contributed by atoms with van der Waals surface area (Å²) >= 11 is 1.50. The van der Waals surface area contributed by atoms with Crippen LogP contribution in [0.2, 0.25) is 0 Å². The fourth-order valence-electron chi connectivity index (χ4n) is 2.81. The first-order valence-corrected chi connectivity index (χ1v) is 8.89. The first kappa shape index (κ1) is 16.5. The maximum atomic E-state index is 12.9. The van der Waals surface area contributed by atoms with E-state index in [0.717, 1.165) is 10.4 Å². The zero-order valence-electron chi connectivity index (χ0n) is 13.6.